The van der Waals surface area contributed by atoms with Crippen molar-refractivity contribution in [1.82, 2.24) is 0 Å². The van der Waals surface area contributed by atoms with Crippen molar-refractivity contribution < 1.29 is 9.53 Å². The molecule has 0 radical (unpaired) electrons. The van der Waals surface area contributed by atoms with Gasteiger partial charge < -0.3 is 4.74 Å². The molecule has 0 N–H and O–H groups in total. The summed E-state index contributed by atoms with van der Waals surface area (Å²) in [6, 6.07) is 0. The lowest BCUT2D eigenvalue weighted by atomic mass is 10.2. The Morgan fingerprint density at radius 2 is 2.18 bits per heavy atom. The molecule has 0 aromatic rings. The van der Waals surface area contributed by atoms with E-state index in [1.807, 2.05) is 0 Å². The fraction of sp³-hybridized carbons (Fsp3) is 0.667. The molecule has 0 spiro atoms. The Morgan fingerprint density at radius 3 is 2.71 bits per heavy atom. The number of thiocarbonyl (C=S) groups is 1. The minimum atomic E-state index is -0.673. The van der Waals surface area contributed by atoms with E-state index in [2.05, 4.69) is 12.8 Å². The average Bonchev–Trinajstić information content (AvgIpc) is 2.25. The maximum absolute atomic E-state index is 11.7. The quantitative estimate of drug-likeness (QED) is 0.323. The molecule has 0 atom stereocenters. The molecular weight excluding hydrogens is 272 g/mol. The molecule has 0 aliphatic carbocycles. The predicted octanol–water partition coefficient (Wildman–Crippen LogP) is 3.49. The third kappa shape index (κ3) is 7.69. The number of ether oxygens (including phenoxy) is 1. The number of esters is 1. The van der Waals surface area contributed by atoms with Crippen LogP contribution in [0.2, 0.25) is 0 Å². The standard InChI is InChI=1S/C12H18O2S3/c1-5-7-9-16-11(15)17-12(3,4)10(13)14-8-6-2/h2H,5,7-9H2,1,3-4H3. The molecule has 0 amide bonds. The van der Waals surface area contributed by atoms with E-state index in [1.54, 1.807) is 25.6 Å². The average molecular weight is 290 g/mol. The topological polar surface area (TPSA) is 26.3 Å². The van der Waals surface area contributed by atoms with E-state index < -0.39 is 4.75 Å². The van der Waals surface area contributed by atoms with Crippen molar-refractivity contribution in [2.24, 2.45) is 0 Å². The first-order chi connectivity index (χ1) is 7.94. The monoisotopic (exact) mass is 290 g/mol. The SMILES string of the molecule is C#CCOC(=O)C(C)(C)SC(=S)SCCCC. The third-order valence-electron chi connectivity index (χ3n) is 1.83. The van der Waals surface area contributed by atoms with Gasteiger partial charge in [0.05, 0.1) is 0 Å². The van der Waals surface area contributed by atoms with Crippen molar-refractivity contribution in [3.63, 3.8) is 0 Å². The molecule has 0 unspecified atom stereocenters. The van der Waals surface area contributed by atoms with Crippen LogP contribution in [0.1, 0.15) is 33.6 Å². The molecule has 0 saturated heterocycles. The normalized spacial score (nSPS) is 10.7. The molecule has 0 rings (SSSR count). The highest BCUT2D eigenvalue weighted by Gasteiger charge is 2.31. The number of carbonyl (C=O) groups excluding carboxylic acids is 1. The van der Waals surface area contributed by atoms with E-state index in [1.165, 1.54) is 11.8 Å². The minimum Gasteiger partial charge on any atom is -0.451 e. The summed E-state index contributed by atoms with van der Waals surface area (Å²) >= 11 is 8.20. The van der Waals surface area contributed by atoms with Gasteiger partial charge in [0, 0.05) is 0 Å². The summed E-state index contributed by atoms with van der Waals surface area (Å²) in [6.45, 7) is 5.74. The summed E-state index contributed by atoms with van der Waals surface area (Å²) in [4.78, 5) is 11.7. The molecule has 5 heteroatoms. The Labute approximate surface area is 118 Å². The van der Waals surface area contributed by atoms with Crippen LogP contribution in [-0.2, 0) is 9.53 Å². The Morgan fingerprint density at radius 1 is 1.53 bits per heavy atom. The molecule has 96 valence electrons. The van der Waals surface area contributed by atoms with Crippen LogP contribution in [0.3, 0.4) is 0 Å². The van der Waals surface area contributed by atoms with E-state index in [4.69, 9.17) is 23.4 Å². The van der Waals surface area contributed by atoms with E-state index in [-0.39, 0.29) is 12.6 Å². The van der Waals surface area contributed by atoms with Gasteiger partial charge in [-0.25, -0.2) is 0 Å². The van der Waals surface area contributed by atoms with Gasteiger partial charge in [-0.1, -0.05) is 43.2 Å². The van der Waals surface area contributed by atoms with Gasteiger partial charge in [0.15, 0.2) is 6.61 Å². The van der Waals surface area contributed by atoms with Gasteiger partial charge in [-0.15, -0.1) is 18.2 Å². The number of unbranched alkanes of at least 4 members (excludes halogenated alkanes) is 1. The van der Waals surface area contributed by atoms with Crippen LogP contribution in [0, 0.1) is 12.3 Å². The van der Waals surface area contributed by atoms with E-state index >= 15 is 0 Å². The Hall–Kier alpha value is -0.180. The van der Waals surface area contributed by atoms with Crippen LogP contribution in [-0.4, -0.2) is 26.6 Å². The van der Waals surface area contributed by atoms with E-state index in [0.717, 1.165) is 22.1 Å². The van der Waals surface area contributed by atoms with Gasteiger partial charge in [-0.05, 0) is 26.0 Å². The van der Waals surface area contributed by atoms with E-state index in [0.29, 0.717) is 0 Å². The summed E-state index contributed by atoms with van der Waals surface area (Å²) in [5, 5.41) is 0. The Kier molecular flexibility index (Phi) is 8.75. The fourth-order valence-electron chi connectivity index (χ4n) is 0.860. The molecule has 0 fully saturated rings. The zero-order valence-corrected chi connectivity index (χ0v) is 12.9. The number of thioether (sulfide) groups is 2. The number of hydrogen-bond acceptors (Lipinski definition) is 5. The lowest BCUT2D eigenvalue weighted by molar-refractivity contribution is -0.144. The lowest BCUT2D eigenvalue weighted by Gasteiger charge is -2.21. The van der Waals surface area contributed by atoms with Gasteiger partial charge in [0.1, 0.15) is 8.28 Å². The predicted molar refractivity (Wildman–Crippen MR) is 81.4 cm³/mol. The first kappa shape index (κ1) is 16.8. The zero-order chi connectivity index (χ0) is 13.3. The summed E-state index contributed by atoms with van der Waals surface area (Å²) < 4.78 is 5.02. The van der Waals surface area contributed by atoms with Gasteiger partial charge in [-0.3, -0.25) is 4.79 Å². The molecule has 0 aliphatic rings. The molecule has 0 aromatic carbocycles. The van der Waals surface area contributed by atoms with Crippen LogP contribution in [0.4, 0.5) is 0 Å². The van der Waals surface area contributed by atoms with Gasteiger partial charge >= 0.3 is 5.97 Å². The maximum atomic E-state index is 11.7. The van der Waals surface area contributed by atoms with Gasteiger partial charge in [-0.2, -0.15) is 0 Å². The van der Waals surface area contributed by atoms with Crippen molar-refractivity contribution >= 4 is 45.2 Å². The van der Waals surface area contributed by atoms with Crippen LogP contribution in [0.25, 0.3) is 0 Å². The number of carbonyl (C=O) groups is 1. The molecule has 0 bridgehead atoms. The smallest absolute Gasteiger partial charge is 0.323 e. The minimum absolute atomic E-state index is 0.0125. The zero-order valence-electron chi connectivity index (χ0n) is 10.4. The Bertz CT molecular complexity index is 305. The summed E-state index contributed by atoms with van der Waals surface area (Å²) in [5.74, 6) is 2.95. The first-order valence-electron chi connectivity index (χ1n) is 5.40. The highest BCUT2D eigenvalue weighted by Crippen LogP contribution is 2.32. The second kappa shape index (κ2) is 8.84. The largest absolute Gasteiger partial charge is 0.451 e. The fourth-order valence-corrected chi connectivity index (χ4v) is 4.00. The van der Waals surface area contributed by atoms with Gasteiger partial charge in [0.25, 0.3) is 0 Å². The number of hydrogen-bond donors (Lipinski definition) is 0. The molecule has 0 saturated carbocycles. The van der Waals surface area contributed by atoms with Crippen LogP contribution < -0.4 is 0 Å². The first-order valence-corrected chi connectivity index (χ1v) is 7.61. The summed E-state index contributed by atoms with van der Waals surface area (Å²) in [6.07, 6.45) is 7.32. The second-order valence-electron chi connectivity index (χ2n) is 3.84. The molecule has 17 heavy (non-hydrogen) atoms. The maximum Gasteiger partial charge on any atom is 0.323 e. The van der Waals surface area contributed by atoms with E-state index in [9.17, 15) is 4.79 Å². The van der Waals surface area contributed by atoms with Crippen molar-refractivity contribution in [2.75, 3.05) is 12.4 Å². The van der Waals surface area contributed by atoms with Crippen LogP contribution in [0.15, 0.2) is 0 Å². The van der Waals surface area contributed by atoms with Crippen molar-refractivity contribution in [3.05, 3.63) is 0 Å². The highest BCUT2D eigenvalue weighted by molar-refractivity contribution is 8.47. The third-order valence-corrected chi connectivity index (χ3v) is 4.61. The molecule has 2 nitrogen and oxygen atoms in total. The number of terminal acetylenes is 1. The van der Waals surface area contributed by atoms with Crippen LogP contribution >= 0.6 is 35.7 Å². The van der Waals surface area contributed by atoms with Crippen molar-refractivity contribution in [1.29, 1.82) is 0 Å². The lowest BCUT2D eigenvalue weighted by Crippen LogP contribution is -2.31. The van der Waals surface area contributed by atoms with Crippen molar-refractivity contribution in [3.8, 4) is 12.3 Å². The molecule has 0 aliphatic heterocycles. The van der Waals surface area contributed by atoms with Gasteiger partial charge in [0.2, 0.25) is 0 Å². The Balaban J connectivity index is 4.10. The summed E-state index contributed by atoms with van der Waals surface area (Å²) in [5.41, 5.74) is 0. The highest BCUT2D eigenvalue weighted by atomic mass is 32.2. The second-order valence-corrected chi connectivity index (χ2v) is 7.77. The van der Waals surface area contributed by atoms with Crippen LogP contribution in [0.5, 0.6) is 0 Å². The van der Waals surface area contributed by atoms with Crippen molar-refractivity contribution in [2.45, 2.75) is 38.4 Å². The molecule has 0 aromatic heterocycles. The molecular formula is C12H18O2S3. The summed E-state index contributed by atoms with van der Waals surface area (Å²) in [7, 11) is 0. The number of rotatable bonds is 6. The molecule has 0 heterocycles.